The maximum Gasteiger partial charge on any atom is 0.233 e. The van der Waals surface area contributed by atoms with Crippen molar-refractivity contribution in [1.82, 2.24) is 4.90 Å². The van der Waals surface area contributed by atoms with Crippen LogP contribution in [0.5, 0.6) is 0 Å². The lowest BCUT2D eigenvalue weighted by atomic mass is 9.89. The van der Waals surface area contributed by atoms with E-state index >= 15 is 0 Å². The molecule has 2 amide bonds. The van der Waals surface area contributed by atoms with E-state index in [1.807, 2.05) is 48.5 Å². The van der Waals surface area contributed by atoms with Crippen molar-refractivity contribution in [3.05, 3.63) is 0 Å². The molecule has 0 aromatic carbocycles. The molecule has 0 aromatic rings. The SMILES string of the molecule is CC.CC1CC(=O)N(C(C)(C)C(C)C)C1=O. The number of imide groups is 1. The molecule has 0 saturated carbocycles. The first-order valence-corrected chi connectivity index (χ1v) is 6.15. The Hall–Kier alpha value is -0.860. The summed E-state index contributed by atoms with van der Waals surface area (Å²) >= 11 is 0. The van der Waals surface area contributed by atoms with Crippen LogP contribution in [0.1, 0.15) is 54.9 Å². The summed E-state index contributed by atoms with van der Waals surface area (Å²) in [6.45, 7) is 13.8. The molecule has 94 valence electrons. The summed E-state index contributed by atoms with van der Waals surface area (Å²) in [7, 11) is 0. The molecule has 0 spiro atoms. The Kier molecular flexibility index (Phi) is 5.17. The molecule has 16 heavy (non-hydrogen) atoms. The molecule has 1 aliphatic rings. The fourth-order valence-electron chi connectivity index (χ4n) is 1.65. The minimum absolute atomic E-state index is 0.0197. The Labute approximate surface area is 99.2 Å². The Morgan fingerprint density at radius 3 is 1.94 bits per heavy atom. The number of likely N-dealkylation sites (tertiary alicyclic amines) is 1. The van der Waals surface area contributed by atoms with E-state index in [4.69, 9.17) is 0 Å². The zero-order valence-electron chi connectivity index (χ0n) is 11.6. The number of carbonyl (C=O) groups is 2. The smallest absolute Gasteiger partial charge is 0.233 e. The van der Waals surface area contributed by atoms with Crippen molar-refractivity contribution in [2.24, 2.45) is 11.8 Å². The van der Waals surface area contributed by atoms with Gasteiger partial charge in [0.25, 0.3) is 0 Å². The highest BCUT2D eigenvalue weighted by atomic mass is 16.2. The standard InChI is InChI=1S/C11H19NO2.C2H6/c1-7(2)11(4,5)12-9(13)6-8(3)10(12)14;1-2/h7-8H,6H2,1-5H3;1-2H3. The van der Waals surface area contributed by atoms with E-state index in [-0.39, 0.29) is 29.2 Å². The Balaban J connectivity index is 0.00000106. The van der Waals surface area contributed by atoms with Gasteiger partial charge in [-0.2, -0.15) is 0 Å². The van der Waals surface area contributed by atoms with E-state index in [1.165, 1.54) is 4.90 Å². The van der Waals surface area contributed by atoms with E-state index in [1.54, 1.807) is 0 Å². The molecule has 3 nitrogen and oxygen atoms in total. The number of carbonyl (C=O) groups excluding carboxylic acids is 2. The van der Waals surface area contributed by atoms with Crippen LogP contribution < -0.4 is 0 Å². The van der Waals surface area contributed by atoms with Crippen LogP contribution in [0.25, 0.3) is 0 Å². The number of hydrogen-bond acceptors (Lipinski definition) is 2. The van der Waals surface area contributed by atoms with Crippen molar-refractivity contribution < 1.29 is 9.59 Å². The normalized spacial score (nSPS) is 21.2. The van der Waals surface area contributed by atoms with Crippen molar-refractivity contribution in [2.75, 3.05) is 0 Å². The quantitative estimate of drug-likeness (QED) is 0.680. The van der Waals surface area contributed by atoms with Crippen LogP contribution in [-0.2, 0) is 9.59 Å². The second-order valence-corrected chi connectivity index (χ2v) is 4.98. The molecule has 1 saturated heterocycles. The third-order valence-corrected chi connectivity index (χ3v) is 3.36. The van der Waals surface area contributed by atoms with E-state index < -0.39 is 0 Å². The van der Waals surface area contributed by atoms with Gasteiger partial charge in [-0.05, 0) is 19.8 Å². The fourth-order valence-corrected chi connectivity index (χ4v) is 1.65. The predicted molar refractivity (Wildman–Crippen MR) is 65.9 cm³/mol. The van der Waals surface area contributed by atoms with Gasteiger partial charge in [0.1, 0.15) is 0 Å². The summed E-state index contributed by atoms with van der Waals surface area (Å²) in [5, 5.41) is 0. The number of hydrogen-bond donors (Lipinski definition) is 0. The highest BCUT2D eigenvalue weighted by Gasteiger charge is 2.45. The van der Waals surface area contributed by atoms with Gasteiger partial charge in [0.2, 0.25) is 11.8 Å². The number of amides is 2. The molecular formula is C13H25NO2. The van der Waals surface area contributed by atoms with Gasteiger partial charge in [0, 0.05) is 17.9 Å². The van der Waals surface area contributed by atoms with Gasteiger partial charge >= 0.3 is 0 Å². The van der Waals surface area contributed by atoms with E-state index in [0.29, 0.717) is 6.42 Å². The maximum absolute atomic E-state index is 11.8. The zero-order chi connectivity index (χ0) is 13.1. The highest BCUT2D eigenvalue weighted by Crippen LogP contribution is 2.31. The van der Waals surface area contributed by atoms with Gasteiger partial charge in [-0.25, -0.2) is 0 Å². The van der Waals surface area contributed by atoms with Crippen LogP contribution in [0, 0.1) is 11.8 Å². The van der Waals surface area contributed by atoms with Crippen LogP contribution in [0.4, 0.5) is 0 Å². The van der Waals surface area contributed by atoms with Gasteiger partial charge in [-0.1, -0.05) is 34.6 Å². The van der Waals surface area contributed by atoms with Gasteiger partial charge in [0.15, 0.2) is 0 Å². The molecule has 3 heteroatoms. The van der Waals surface area contributed by atoms with E-state index in [2.05, 4.69) is 0 Å². The third-order valence-electron chi connectivity index (χ3n) is 3.36. The molecule has 1 aliphatic heterocycles. The van der Waals surface area contributed by atoms with Crippen molar-refractivity contribution >= 4 is 11.8 Å². The van der Waals surface area contributed by atoms with Gasteiger partial charge < -0.3 is 0 Å². The Bertz CT molecular complexity index is 269. The van der Waals surface area contributed by atoms with Crippen LogP contribution in [0.2, 0.25) is 0 Å². The molecule has 0 aromatic heterocycles. The topological polar surface area (TPSA) is 37.4 Å². The van der Waals surface area contributed by atoms with Crippen molar-refractivity contribution in [1.29, 1.82) is 0 Å². The van der Waals surface area contributed by atoms with E-state index in [9.17, 15) is 9.59 Å². The molecule has 0 N–H and O–H groups in total. The summed E-state index contributed by atoms with van der Waals surface area (Å²) in [5.41, 5.74) is -0.362. The second-order valence-electron chi connectivity index (χ2n) is 4.98. The Morgan fingerprint density at radius 1 is 1.25 bits per heavy atom. The fraction of sp³-hybridized carbons (Fsp3) is 0.846. The number of rotatable bonds is 2. The molecule has 0 bridgehead atoms. The van der Waals surface area contributed by atoms with E-state index in [0.717, 1.165) is 0 Å². The second kappa shape index (κ2) is 5.46. The van der Waals surface area contributed by atoms with Gasteiger partial charge in [-0.15, -0.1) is 0 Å². The van der Waals surface area contributed by atoms with Crippen molar-refractivity contribution in [2.45, 2.75) is 60.4 Å². The zero-order valence-corrected chi connectivity index (χ0v) is 11.6. The molecule has 1 unspecified atom stereocenters. The Morgan fingerprint density at radius 2 is 1.69 bits per heavy atom. The summed E-state index contributed by atoms with van der Waals surface area (Å²) < 4.78 is 0. The lowest BCUT2D eigenvalue weighted by Gasteiger charge is -2.37. The largest absolute Gasteiger partial charge is 0.276 e. The van der Waals surface area contributed by atoms with Crippen molar-refractivity contribution in [3.8, 4) is 0 Å². The molecule has 1 rings (SSSR count). The molecular weight excluding hydrogens is 202 g/mol. The molecule has 0 aliphatic carbocycles. The highest BCUT2D eigenvalue weighted by molar-refractivity contribution is 6.04. The lowest BCUT2D eigenvalue weighted by Crippen LogP contribution is -2.51. The lowest BCUT2D eigenvalue weighted by molar-refractivity contribution is -0.147. The van der Waals surface area contributed by atoms with Crippen LogP contribution in [-0.4, -0.2) is 22.3 Å². The van der Waals surface area contributed by atoms with Crippen LogP contribution in [0.15, 0.2) is 0 Å². The van der Waals surface area contributed by atoms with Crippen LogP contribution >= 0.6 is 0 Å². The number of nitrogens with zero attached hydrogens (tertiary/aromatic N) is 1. The summed E-state index contributed by atoms with van der Waals surface area (Å²) in [6.07, 6.45) is 0.370. The first-order chi connectivity index (χ1) is 7.28. The monoisotopic (exact) mass is 227 g/mol. The summed E-state index contributed by atoms with van der Waals surface area (Å²) in [6, 6.07) is 0. The third kappa shape index (κ3) is 2.63. The minimum Gasteiger partial charge on any atom is -0.276 e. The van der Waals surface area contributed by atoms with Gasteiger partial charge in [0.05, 0.1) is 0 Å². The molecule has 1 atom stereocenters. The predicted octanol–water partition coefficient (Wildman–Crippen LogP) is 2.84. The first kappa shape index (κ1) is 15.1. The maximum atomic E-state index is 11.8. The molecule has 1 fully saturated rings. The molecule has 0 radical (unpaired) electrons. The average Bonchev–Trinajstić information content (AvgIpc) is 2.44. The molecule has 1 heterocycles. The average molecular weight is 227 g/mol. The summed E-state index contributed by atoms with van der Waals surface area (Å²) in [4.78, 5) is 24.9. The van der Waals surface area contributed by atoms with Crippen LogP contribution in [0.3, 0.4) is 0 Å². The minimum atomic E-state index is -0.362. The van der Waals surface area contributed by atoms with Gasteiger partial charge in [-0.3, -0.25) is 14.5 Å². The summed E-state index contributed by atoms with van der Waals surface area (Å²) in [5.74, 6) is 0.0936. The van der Waals surface area contributed by atoms with Crippen molar-refractivity contribution in [3.63, 3.8) is 0 Å². The first-order valence-electron chi connectivity index (χ1n) is 6.15.